The first-order chi connectivity index (χ1) is 5.81. The van der Waals surface area contributed by atoms with Crippen LogP contribution >= 0.6 is 0 Å². The molecule has 1 aromatic carbocycles. The molecule has 0 N–H and O–H groups in total. The Morgan fingerprint density at radius 1 is 1.25 bits per heavy atom. The summed E-state index contributed by atoms with van der Waals surface area (Å²) in [4.78, 5) is 0. The highest BCUT2D eigenvalue weighted by Gasteiger charge is 2.02. The van der Waals surface area contributed by atoms with Crippen molar-refractivity contribution in [2.45, 2.75) is 0 Å². The van der Waals surface area contributed by atoms with Crippen LogP contribution in [0.1, 0.15) is 0 Å². The molecule has 1 rings (SSSR count). The minimum atomic E-state index is 0.358. The molecule has 4 heteroatoms. The number of rotatable bonds is 3. The third-order valence-electron chi connectivity index (χ3n) is 1.49. The van der Waals surface area contributed by atoms with E-state index in [4.69, 9.17) is 15.0 Å². The fourth-order valence-corrected chi connectivity index (χ4v) is 0.875. The lowest BCUT2D eigenvalue weighted by Gasteiger charge is -2.04. The van der Waals surface area contributed by atoms with Crippen LogP contribution in [0, 0.1) is 0 Å². The minimum absolute atomic E-state index is 0.358. The number of benzene rings is 1. The van der Waals surface area contributed by atoms with Crippen molar-refractivity contribution in [3.8, 4) is 11.5 Å². The van der Waals surface area contributed by atoms with Crippen molar-refractivity contribution in [1.82, 2.24) is 5.53 Å². The fourth-order valence-electron chi connectivity index (χ4n) is 0.875. The lowest BCUT2D eigenvalue weighted by Crippen LogP contribution is -1.86. The van der Waals surface area contributed by atoms with Crippen molar-refractivity contribution in [3.63, 3.8) is 0 Å². The third kappa shape index (κ3) is 1.53. The van der Waals surface area contributed by atoms with Gasteiger partial charge in [0.15, 0.2) is 0 Å². The van der Waals surface area contributed by atoms with E-state index in [1.807, 2.05) is 0 Å². The number of nitrogens with zero attached hydrogens (tertiary/aromatic N) is 2. The van der Waals surface area contributed by atoms with Gasteiger partial charge in [-0.2, -0.15) is 0 Å². The fraction of sp³-hybridized carbons (Fsp3) is 0.250. The normalized spacial score (nSPS) is 9.17. The smallest absolute Gasteiger partial charge is 0.146 e. The Labute approximate surface area is 70.6 Å². The van der Waals surface area contributed by atoms with E-state index in [1.165, 1.54) is 7.11 Å². The quantitative estimate of drug-likeness (QED) is 0.638. The molecule has 0 heterocycles. The first kappa shape index (κ1) is 8.52. The summed E-state index contributed by atoms with van der Waals surface area (Å²) in [7, 11) is 3.06. The van der Waals surface area contributed by atoms with E-state index in [0.717, 1.165) is 0 Å². The largest absolute Gasteiger partial charge is 0.497 e. The van der Waals surface area contributed by atoms with Crippen molar-refractivity contribution in [2.75, 3.05) is 14.2 Å². The summed E-state index contributed by atoms with van der Waals surface area (Å²) in [6.45, 7) is 0. The average molecular weight is 165 g/mol. The highest BCUT2D eigenvalue weighted by Crippen LogP contribution is 2.30. The summed E-state index contributed by atoms with van der Waals surface area (Å²) in [6.07, 6.45) is 0. The maximum absolute atomic E-state index is 8.56. The van der Waals surface area contributed by atoms with Crippen LogP contribution in [-0.2, 0) is 0 Å². The summed E-state index contributed by atoms with van der Waals surface area (Å²) in [5, 5.41) is 3.04. The van der Waals surface area contributed by atoms with Crippen LogP contribution in [0.5, 0.6) is 11.5 Å². The maximum atomic E-state index is 8.56. The van der Waals surface area contributed by atoms with Gasteiger partial charge in [0.1, 0.15) is 17.2 Å². The second-order valence-corrected chi connectivity index (χ2v) is 2.14. The molecular weight excluding hydrogens is 156 g/mol. The van der Waals surface area contributed by atoms with Crippen molar-refractivity contribution in [2.24, 2.45) is 5.11 Å². The standard InChI is InChI=1S/C8H9N2O2/c1-11-6-3-4-8(12-2)7(5-6)10-9/h3-5H,1-2H3. The second-order valence-electron chi connectivity index (χ2n) is 2.14. The summed E-state index contributed by atoms with van der Waals surface area (Å²) in [6, 6.07) is 4.99. The van der Waals surface area contributed by atoms with Gasteiger partial charge in [-0.1, -0.05) is 0 Å². The summed E-state index contributed by atoms with van der Waals surface area (Å²) in [5.74, 6) is 1.14. The Bertz CT molecular complexity index is 286. The van der Waals surface area contributed by atoms with Gasteiger partial charge in [-0.3, -0.25) is 0 Å². The van der Waals surface area contributed by atoms with Gasteiger partial charge in [0.25, 0.3) is 0 Å². The number of ether oxygens (including phenoxy) is 2. The molecule has 0 fully saturated rings. The number of hydrogen-bond acceptors (Lipinski definition) is 3. The van der Waals surface area contributed by atoms with Gasteiger partial charge in [0, 0.05) is 6.07 Å². The molecule has 0 unspecified atom stereocenters. The van der Waals surface area contributed by atoms with Gasteiger partial charge in [0.2, 0.25) is 0 Å². The summed E-state index contributed by atoms with van der Waals surface area (Å²) in [5.41, 5.74) is 8.92. The molecule has 0 saturated heterocycles. The van der Waals surface area contributed by atoms with E-state index in [0.29, 0.717) is 17.2 Å². The lowest BCUT2D eigenvalue weighted by molar-refractivity contribution is 0.404. The zero-order chi connectivity index (χ0) is 8.97. The Kier molecular flexibility index (Phi) is 2.63. The molecule has 0 aliphatic rings. The molecular formula is C8H9N2O2. The van der Waals surface area contributed by atoms with Crippen LogP contribution in [0.15, 0.2) is 23.3 Å². The van der Waals surface area contributed by atoms with Gasteiger partial charge in [-0.05, 0) is 17.7 Å². The van der Waals surface area contributed by atoms with E-state index >= 15 is 0 Å². The Morgan fingerprint density at radius 3 is 2.50 bits per heavy atom. The molecule has 12 heavy (non-hydrogen) atoms. The molecule has 0 aliphatic heterocycles. The van der Waals surface area contributed by atoms with Gasteiger partial charge in [-0.15, -0.1) is 5.11 Å². The van der Waals surface area contributed by atoms with Crippen molar-refractivity contribution >= 4 is 5.69 Å². The molecule has 0 atom stereocenters. The van der Waals surface area contributed by atoms with E-state index in [2.05, 4.69) is 5.11 Å². The van der Waals surface area contributed by atoms with Crippen LogP contribution in [0.25, 0.3) is 0 Å². The van der Waals surface area contributed by atoms with Crippen molar-refractivity contribution < 1.29 is 9.47 Å². The van der Waals surface area contributed by atoms with Crippen molar-refractivity contribution in [1.29, 1.82) is 0 Å². The minimum Gasteiger partial charge on any atom is -0.497 e. The zero-order valence-corrected chi connectivity index (χ0v) is 6.94. The molecule has 0 bridgehead atoms. The van der Waals surface area contributed by atoms with Crippen LogP contribution in [0.3, 0.4) is 0 Å². The van der Waals surface area contributed by atoms with Gasteiger partial charge in [-0.25, -0.2) is 0 Å². The SMILES string of the molecule is COc1ccc(OC)c(N=[N])c1. The van der Waals surface area contributed by atoms with E-state index < -0.39 is 0 Å². The molecule has 0 spiro atoms. The highest BCUT2D eigenvalue weighted by atomic mass is 16.5. The summed E-state index contributed by atoms with van der Waals surface area (Å²) < 4.78 is 9.86. The lowest BCUT2D eigenvalue weighted by atomic mass is 10.3. The predicted octanol–water partition coefficient (Wildman–Crippen LogP) is 1.59. The highest BCUT2D eigenvalue weighted by molar-refractivity contribution is 5.54. The van der Waals surface area contributed by atoms with E-state index in [9.17, 15) is 0 Å². The monoisotopic (exact) mass is 165 g/mol. The maximum Gasteiger partial charge on any atom is 0.146 e. The van der Waals surface area contributed by atoms with Gasteiger partial charge < -0.3 is 9.47 Å². The number of methoxy groups -OCH3 is 2. The zero-order valence-electron chi connectivity index (χ0n) is 6.94. The Hall–Kier alpha value is -1.58. The molecule has 1 radical (unpaired) electrons. The van der Waals surface area contributed by atoms with Crippen LogP contribution < -0.4 is 15.0 Å². The molecule has 0 amide bonds. The van der Waals surface area contributed by atoms with E-state index in [-0.39, 0.29) is 0 Å². The molecule has 63 valence electrons. The molecule has 4 nitrogen and oxygen atoms in total. The van der Waals surface area contributed by atoms with E-state index in [1.54, 1.807) is 25.3 Å². The average Bonchev–Trinajstić information content (AvgIpc) is 2.16. The molecule has 0 saturated carbocycles. The predicted molar refractivity (Wildman–Crippen MR) is 43.8 cm³/mol. The Morgan fingerprint density at radius 2 is 2.00 bits per heavy atom. The van der Waals surface area contributed by atoms with Crippen LogP contribution in [0.2, 0.25) is 0 Å². The third-order valence-corrected chi connectivity index (χ3v) is 1.49. The molecule has 0 aliphatic carbocycles. The van der Waals surface area contributed by atoms with Gasteiger partial charge in [0.05, 0.1) is 14.2 Å². The molecule has 0 aromatic heterocycles. The van der Waals surface area contributed by atoms with Crippen LogP contribution in [-0.4, -0.2) is 14.2 Å². The second kappa shape index (κ2) is 3.71. The molecule has 1 aromatic rings. The first-order valence-corrected chi connectivity index (χ1v) is 3.39. The Balaban J connectivity index is 3.10. The summed E-state index contributed by atoms with van der Waals surface area (Å²) >= 11 is 0. The van der Waals surface area contributed by atoms with Crippen LogP contribution in [0.4, 0.5) is 5.69 Å². The van der Waals surface area contributed by atoms with Crippen molar-refractivity contribution in [3.05, 3.63) is 18.2 Å². The topological polar surface area (TPSA) is 53.1 Å². The number of hydrogen-bond donors (Lipinski definition) is 0. The first-order valence-electron chi connectivity index (χ1n) is 3.39. The van der Waals surface area contributed by atoms with Gasteiger partial charge >= 0.3 is 0 Å².